The zero-order valence-corrected chi connectivity index (χ0v) is 18.4. The van der Waals surface area contributed by atoms with Crippen LogP contribution in [-0.2, 0) is 13.0 Å². The van der Waals surface area contributed by atoms with Crippen LogP contribution in [0.3, 0.4) is 0 Å². The van der Waals surface area contributed by atoms with E-state index in [0.29, 0.717) is 27.6 Å². The Bertz CT molecular complexity index is 942. The van der Waals surface area contributed by atoms with E-state index in [1.54, 1.807) is 0 Å². The zero-order chi connectivity index (χ0) is 20.4. The number of aromatic nitrogens is 2. The highest BCUT2D eigenvalue weighted by Crippen LogP contribution is 2.28. The maximum atomic E-state index is 13.1. The molecular formula is C22H32N4O2S. The first kappa shape index (κ1) is 20.5. The van der Waals surface area contributed by atoms with Crippen LogP contribution in [0.1, 0.15) is 66.5 Å². The summed E-state index contributed by atoms with van der Waals surface area (Å²) in [5, 5.41) is 3.73. The molecule has 29 heavy (non-hydrogen) atoms. The maximum Gasteiger partial charge on any atom is 0.262 e. The number of nitrogens with zero attached hydrogens (tertiary/aromatic N) is 3. The first-order valence-electron chi connectivity index (χ1n) is 11.1. The van der Waals surface area contributed by atoms with E-state index in [1.807, 2.05) is 11.5 Å². The van der Waals surface area contributed by atoms with Crippen molar-refractivity contribution in [2.45, 2.75) is 65.3 Å². The Morgan fingerprint density at radius 2 is 1.86 bits per heavy atom. The van der Waals surface area contributed by atoms with Crippen molar-refractivity contribution in [3.63, 3.8) is 0 Å². The smallest absolute Gasteiger partial charge is 0.262 e. The standard InChI is InChI=1S/C22H32N4O2S/c1-15(14-25-10-6-4-7-11-25)13-23-20(27)19-16(2)18-21(29-19)24-17-9-5-3-8-12-26(17)22(18)28/h15H,3-14H2,1-2H3,(H,23,27). The number of aryl methyl sites for hydroxylation is 2. The highest BCUT2D eigenvalue weighted by molar-refractivity contribution is 7.20. The number of thiophene rings is 1. The summed E-state index contributed by atoms with van der Waals surface area (Å²) >= 11 is 1.37. The molecule has 0 bridgehead atoms. The summed E-state index contributed by atoms with van der Waals surface area (Å²) < 4.78 is 1.83. The van der Waals surface area contributed by atoms with Crippen molar-refractivity contribution in [3.8, 4) is 0 Å². The second-order valence-corrected chi connectivity index (χ2v) is 9.71. The molecule has 4 heterocycles. The van der Waals surface area contributed by atoms with Gasteiger partial charge in [0.25, 0.3) is 11.5 Å². The quantitative estimate of drug-likeness (QED) is 0.812. The molecule has 0 aromatic carbocycles. The largest absolute Gasteiger partial charge is 0.351 e. The molecule has 6 nitrogen and oxygen atoms in total. The van der Waals surface area contributed by atoms with Crippen molar-refractivity contribution in [2.24, 2.45) is 5.92 Å². The van der Waals surface area contributed by atoms with Gasteiger partial charge in [0.05, 0.1) is 10.3 Å². The van der Waals surface area contributed by atoms with Crippen LogP contribution >= 0.6 is 11.3 Å². The molecule has 1 fully saturated rings. The van der Waals surface area contributed by atoms with Gasteiger partial charge in [-0.1, -0.05) is 19.8 Å². The van der Waals surface area contributed by atoms with Gasteiger partial charge in [-0.05, 0) is 57.2 Å². The van der Waals surface area contributed by atoms with Crippen molar-refractivity contribution in [2.75, 3.05) is 26.2 Å². The van der Waals surface area contributed by atoms with Gasteiger partial charge in [0, 0.05) is 26.1 Å². The summed E-state index contributed by atoms with van der Waals surface area (Å²) in [5.74, 6) is 1.21. The van der Waals surface area contributed by atoms with E-state index < -0.39 is 0 Å². The predicted octanol–water partition coefficient (Wildman–Crippen LogP) is 3.34. The molecule has 7 heteroatoms. The molecule has 1 amide bonds. The lowest BCUT2D eigenvalue weighted by Crippen LogP contribution is -2.38. The van der Waals surface area contributed by atoms with E-state index in [9.17, 15) is 9.59 Å². The fourth-order valence-electron chi connectivity index (χ4n) is 4.62. The van der Waals surface area contributed by atoms with E-state index in [1.165, 1.54) is 43.7 Å². The van der Waals surface area contributed by atoms with Gasteiger partial charge in [0.15, 0.2) is 0 Å². The third kappa shape index (κ3) is 4.40. The topological polar surface area (TPSA) is 67.2 Å². The summed E-state index contributed by atoms with van der Waals surface area (Å²) in [6.07, 6.45) is 7.98. The van der Waals surface area contributed by atoms with Gasteiger partial charge in [-0.25, -0.2) is 4.98 Å². The van der Waals surface area contributed by atoms with Crippen LogP contribution < -0.4 is 10.9 Å². The molecule has 0 aliphatic carbocycles. The highest BCUT2D eigenvalue weighted by Gasteiger charge is 2.22. The van der Waals surface area contributed by atoms with Crippen molar-refractivity contribution in [1.82, 2.24) is 19.8 Å². The van der Waals surface area contributed by atoms with Gasteiger partial charge in [0.2, 0.25) is 0 Å². The number of nitrogens with one attached hydrogen (secondary N) is 1. The molecule has 2 aromatic rings. The van der Waals surface area contributed by atoms with Crippen LogP contribution in [-0.4, -0.2) is 46.5 Å². The molecule has 0 spiro atoms. The molecule has 0 radical (unpaired) electrons. The maximum absolute atomic E-state index is 13.1. The van der Waals surface area contributed by atoms with Gasteiger partial charge < -0.3 is 10.2 Å². The third-order valence-electron chi connectivity index (χ3n) is 6.25. The highest BCUT2D eigenvalue weighted by atomic mass is 32.1. The Hall–Kier alpha value is -1.73. The SMILES string of the molecule is Cc1c(C(=O)NCC(C)CN2CCCCC2)sc2nc3n(c(=O)c12)CCCCC3. The molecule has 4 rings (SSSR count). The van der Waals surface area contributed by atoms with Crippen LogP contribution in [0.5, 0.6) is 0 Å². The van der Waals surface area contributed by atoms with Crippen LogP contribution in [0.4, 0.5) is 0 Å². The van der Waals surface area contributed by atoms with Gasteiger partial charge in [-0.3, -0.25) is 14.2 Å². The van der Waals surface area contributed by atoms with Crippen LogP contribution in [0.25, 0.3) is 10.2 Å². The molecular weight excluding hydrogens is 384 g/mol. The summed E-state index contributed by atoms with van der Waals surface area (Å²) in [5.41, 5.74) is 0.807. The summed E-state index contributed by atoms with van der Waals surface area (Å²) in [6.45, 7) is 8.85. The van der Waals surface area contributed by atoms with E-state index >= 15 is 0 Å². The minimum Gasteiger partial charge on any atom is -0.351 e. The number of likely N-dealkylation sites (tertiary alicyclic amines) is 1. The summed E-state index contributed by atoms with van der Waals surface area (Å²) in [6, 6.07) is 0. The Morgan fingerprint density at radius 1 is 1.14 bits per heavy atom. The van der Waals surface area contributed by atoms with E-state index in [2.05, 4.69) is 17.1 Å². The van der Waals surface area contributed by atoms with E-state index in [0.717, 1.165) is 50.2 Å². The number of hydrogen-bond acceptors (Lipinski definition) is 5. The third-order valence-corrected chi connectivity index (χ3v) is 7.43. The van der Waals surface area contributed by atoms with Gasteiger partial charge in [0.1, 0.15) is 10.7 Å². The zero-order valence-electron chi connectivity index (χ0n) is 17.6. The predicted molar refractivity (Wildman–Crippen MR) is 118 cm³/mol. The number of carbonyl (C=O) groups excluding carboxylic acids is 1. The Balaban J connectivity index is 1.48. The minimum atomic E-state index is -0.0735. The molecule has 1 saturated heterocycles. The lowest BCUT2D eigenvalue weighted by atomic mass is 10.1. The normalized spacial score (nSPS) is 19.0. The first-order valence-corrected chi connectivity index (χ1v) is 11.9. The second kappa shape index (κ2) is 8.96. The number of hydrogen-bond donors (Lipinski definition) is 1. The number of carbonyl (C=O) groups is 1. The first-order chi connectivity index (χ1) is 14.0. The molecule has 158 valence electrons. The average Bonchev–Trinajstić information content (AvgIpc) is 2.88. The number of rotatable bonds is 5. The fraction of sp³-hybridized carbons (Fsp3) is 0.682. The van der Waals surface area contributed by atoms with Crippen molar-refractivity contribution in [3.05, 3.63) is 26.6 Å². The van der Waals surface area contributed by atoms with Gasteiger partial charge in [-0.15, -0.1) is 11.3 Å². The molecule has 2 aromatic heterocycles. The lowest BCUT2D eigenvalue weighted by molar-refractivity contribution is 0.0946. The van der Waals surface area contributed by atoms with Crippen molar-refractivity contribution in [1.29, 1.82) is 0 Å². The van der Waals surface area contributed by atoms with E-state index in [4.69, 9.17) is 4.98 Å². The lowest BCUT2D eigenvalue weighted by Gasteiger charge is -2.29. The van der Waals surface area contributed by atoms with Gasteiger partial charge in [-0.2, -0.15) is 0 Å². The summed E-state index contributed by atoms with van der Waals surface area (Å²) in [7, 11) is 0. The Morgan fingerprint density at radius 3 is 2.66 bits per heavy atom. The summed E-state index contributed by atoms with van der Waals surface area (Å²) in [4.78, 5) is 34.6. The molecule has 2 aliphatic heterocycles. The van der Waals surface area contributed by atoms with Crippen LogP contribution in [0.2, 0.25) is 0 Å². The minimum absolute atomic E-state index is 0.0261. The fourth-order valence-corrected chi connectivity index (χ4v) is 5.73. The molecule has 0 saturated carbocycles. The van der Waals surface area contributed by atoms with Crippen molar-refractivity contribution >= 4 is 27.5 Å². The molecule has 1 unspecified atom stereocenters. The van der Waals surface area contributed by atoms with Crippen LogP contribution in [0, 0.1) is 12.8 Å². The number of fused-ring (bicyclic) bond motifs is 2. The second-order valence-electron chi connectivity index (χ2n) is 8.71. The van der Waals surface area contributed by atoms with Crippen molar-refractivity contribution < 1.29 is 4.79 Å². The van der Waals surface area contributed by atoms with E-state index in [-0.39, 0.29) is 11.5 Å². The number of amides is 1. The molecule has 2 aliphatic rings. The monoisotopic (exact) mass is 416 g/mol. The van der Waals surface area contributed by atoms with Crippen LogP contribution in [0.15, 0.2) is 4.79 Å². The van der Waals surface area contributed by atoms with Gasteiger partial charge >= 0.3 is 0 Å². The Labute approximate surface area is 176 Å². The Kier molecular flexibility index (Phi) is 6.35. The molecule has 1 atom stereocenters. The molecule has 1 N–H and O–H groups in total. The number of piperidine rings is 1. The average molecular weight is 417 g/mol.